The molecule has 5 heteroatoms. The summed E-state index contributed by atoms with van der Waals surface area (Å²) in [5.41, 5.74) is 1.05. The van der Waals surface area contributed by atoms with E-state index in [0.717, 1.165) is 17.1 Å². The minimum Gasteiger partial charge on any atom is -0.468 e. The maximum atomic E-state index is 11.6. The maximum absolute atomic E-state index is 11.6. The van der Waals surface area contributed by atoms with E-state index in [2.05, 4.69) is 5.32 Å². The van der Waals surface area contributed by atoms with Gasteiger partial charge < -0.3 is 14.2 Å². The van der Waals surface area contributed by atoms with Crippen LogP contribution in [0.2, 0.25) is 0 Å². The second-order valence-corrected chi connectivity index (χ2v) is 4.49. The van der Waals surface area contributed by atoms with Crippen molar-refractivity contribution >= 4 is 5.97 Å². The van der Waals surface area contributed by atoms with Crippen molar-refractivity contribution in [3.63, 3.8) is 0 Å². The van der Waals surface area contributed by atoms with Crippen LogP contribution in [0.4, 0.5) is 0 Å². The molecule has 0 amide bonds. The summed E-state index contributed by atoms with van der Waals surface area (Å²) in [6, 6.07) is 5.51. The molecule has 2 atom stereocenters. The first-order valence-corrected chi connectivity index (χ1v) is 6.39. The Labute approximate surface area is 112 Å². The minimum atomic E-state index is -0.301. The Balaban J connectivity index is 2.07. The van der Waals surface area contributed by atoms with Crippen molar-refractivity contribution in [3.05, 3.63) is 23.8 Å². The molecule has 1 aromatic carbocycles. The van der Waals surface area contributed by atoms with Gasteiger partial charge in [0.2, 0.25) is 6.79 Å². The first-order valence-electron chi connectivity index (χ1n) is 6.39. The summed E-state index contributed by atoms with van der Waals surface area (Å²) in [5, 5.41) is 3.25. The maximum Gasteiger partial charge on any atom is 0.322 e. The van der Waals surface area contributed by atoms with E-state index in [1.54, 1.807) is 0 Å². The van der Waals surface area contributed by atoms with Gasteiger partial charge in [-0.3, -0.25) is 10.1 Å². The van der Waals surface area contributed by atoms with E-state index in [1.807, 2.05) is 32.0 Å². The fourth-order valence-electron chi connectivity index (χ4n) is 2.08. The van der Waals surface area contributed by atoms with Gasteiger partial charge in [0.05, 0.1) is 7.11 Å². The topological polar surface area (TPSA) is 56.8 Å². The van der Waals surface area contributed by atoms with Crippen molar-refractivity contribution in [1.82, 2.24) is 5.32 Å². The number of carbonyl (C=O) groups is 1. The standard InChI is InChI=1S/C14H19NO4/c1-4-11(14(16)17-3)15-9(2)10-5-6-12-13(7-10)19-8-18-12/h5-7,9,11,15H,4,8H2,1-3H3. The Morgan fingerprint density at radius 3 is 2.84 bits per heavy atom. The molecular weight excluding hydrogens is 246 g/mol. The Bertz CT molecular complexity index is 461. The van der Waals surface area contributed by atoms with E-state index in [1.165, 1.54) is 7.11 Å². The summed E-state index contributed by atoms with van der Waals surface area (Å²) < 4.78 is 15.4. The predicted molar refractivity (Wildman–Crippen MR) is 70.2 cm³/mol. The van der Waals surface area contributed by atoms with E-state index < -0.39 is 0 Å². The zero-order valence-electron chi connectivity index (χ0n) is 11.4. The number of hydrogen-bond acceptors (Lipinski definition) is 5. The number of esters is 1. The summed E-state index contributed by atoms with van der Waals surface area (Å²) in [6.07, 6.45) is 0.682. The van der Waals surface area contributed by atoms with E-state index in [9.17, 15) is 4.79 Å². The van der Waals surface area contributed by atoms with Gasteiger partial charge in [0.15, 0.2) is 11.5 Å². The van der Waals surface area contributed by atoms with Gasteiger partial charge in [-0.1, -0.05) is 13.0 Å². The van der Waals surface area contributed by atoms with Crippen LogP contribution in [0.15, 0.2) is 18.2 Å². The van der Waals surface area contributed by atoms with Crippen LogP contribution >= 0.6 is 0 Å². The summed E-state index contributed by atoms with van der Waals surface area (Å²) in [5.74, 6) is 1.27. The van der Waals surface area contributed by atoms with Crippen LogP contribution < -0.4 is 14.8 Å². The predicted octanol–water partition coefficient (Wildman–Crippen LogP) is 2.02. The number of benzene rings is 1. The normalized spacial score (nSPS) is 15.9. The zero-order valence-corrected chi connectivity index (χ0v) is 11.4. The molecule has 0 aliphatic carbocycles. The van der Waals surface area contributed by atoms with Crippen LogP contribution in [0.5, 0.6) is 11.5 Å². The van der Waals surface area contributed by atoms with Gasteiger partial charge in [-0.25, -0.2) is 0 Å². The smallest absolute Gasteiger partial charge is 0.322 e. The lowest BCUT2D eigenvalue weighted by molar-refractivity contribution is -0.143. The lowest BCUT2D eigenvalue weighted by Crippen LogP contribution is -2.38. The highest BCUT2D eigenvalue weighted by molar-refractivity contribution is 5.75. The number of fused-ring (bicyclic) bond motifs is 1. The van der Waals surface area contributed by atoms with E-state index in [4.69, 9.17) is 14.2 Å². The fraction of sp³-hybridized carbons (Fsp3) is 0.500. The van der Waals surface area contributed by atoms with Crippen molar-refractivity contribution in [3.8, 4) is 11.5 Å². The van der Waals surface area contributed by atoms with Crippen molar-refractivity contribution in [2.75, 3.05) is 13.9 Å². The molecule has 0 bridgehead atoms. The van der Waals surface area contributed by atoms with Crippen molar-refractivity contribution in [2.24, 2.45) is 0 Å². The second kappa shape index (κ2) is 5.93. The largest absolute Gasteiger partial charge is 0.468 e. The van der Waals surface area contributed by atoms with Crippen LogP contribution in [0, 0.1) is 0 Å². The summed E-state index contributed by atoms with van der Waals surface area (Å²) >= 11 is 0. The molecule has 0 spiro atoms. The van der Waals surface area contributed by atoms with Gasteiger partial charge in [-0.15, -0.1) is 0 Å². The Hall–Kier alpha value is -1.75. The molecule has 2 unspecified atom stereocenters. The summed E-state index contributed by atoms with van der Waals surface area (Å²) in [4.78, 5) is 11.6. The molecular formula is C14H19NO4. The van der Waals surface area contributed by atoms with Crippen LogP contribution in [0.3, 0.4) is 0 Å². The molecule has 1 aliphatic heterocycles. The van der Waals surface area contributed by atoms with Gasteiger partial charge in [0, 0.05) is 6.04 Å². The van der Waals surface area contributed by atoms with Gasteiger partial charge in [-0.05, 0) is 31.0 Å². The van der Waals surface area contributed by atoms with Gasteiger partial charge in [0.1, 0.15) is 6.04 Å². The summed E-state index contributed by atoms with van der Waals surface area (Å²) in [7, 11) is 1.40. The molecule has 104 valence electrons. The molecule has 0 saturated carbocycles. The average molecular weight is 265 g/mol. The number of nitrogens with one attached hydrogen (secondary N) is 1. The van der Waals surface area contributed by atoms with Crippen molar-refractivity contribution in [2.45, 2.75) is 32.4 Å². The molecule has 2 rings (SSSR count). The van der Waals surface area contributed by atoms with E-state index in [0.29, 0.717) is 6.42 Å². The van der Waals surface area contributed by atoms with Crippen LogP contribution in [0.25, 0.3) is 0 Å². The van der Waals surface area contributed by atoms with E-state index >= 15 is 0 Å². The highest BCUT2D eigenvalue weighted by atomic mass is 16.7. The third-order valence-electron chi connectivity index (χ3n) is 3.24. The molecule has 19 heavy (non-hydrogen) atoms. The monoisotopic (exact) mass is 265 g/mol. The number of methoxy groups -OCH3 is 1. The lowest BCUT2D eigenvalue weighted by Gasteiger charge is -2.20. The third-order valence-corrected chi connectivity index (χ3v) is 3.24. The molecule has 1 N–H and O–H groups in total. The number of carbonyl (C=O) groups excluding carboxylic acids is 1. The molecule has 0 fully saturated rings. The zero-order chi connectivity index (χ0) is 13.8. The van der Waals surface area contributed by atoms with Gasteiger partial charge >= 0.3 is 5.97 Å². The molecule has 1 heterocycles. The molecule has 0 radical (unpaired) electrons. The minimum absolute atomic E-state index is 0.0264. The first kappa shape index (κ1) is 13.7. The lowest BCUT2D eigenvalue weighted by atomic mass is 10.1. The molecule has 1 aliphatic rings. The van der Waals surface area contributed by atoms with Crippen LogP contribution in [-0.2, 0) is 9.53 Å². The number of ether oxygens (including phenoxy) is 3. The molecule has 5 nitrogen and oxygen atoms in total. The van der Waals surface area contributed by atoms with Crippen molar-refractivity contribution < 1.29 is 19.0 Å². The van der Waals surface area contributed by atoms with Crippen LogP contribution in [0.1, 0.15) is 31.9 Å². The van der Waals surface area contributed by atoms with Crippen LogP contribution in [-0.4, -0.2) is 25.9 Å². The Morgan fingerprint density at radius 1 is 1.42 bits per heavy atom. The third kappa shape index (κ3) is 2.98. The fourth-order valence-corrected chi connectivity index (χ4v) is 2.08. The molecule has 0 aromatic heterocycles. The quantitative estimate of drug-likeness (QED) is 0.825. The number of hydrogen-bond donors (Lipinski definition) is 1. The second-order valence-electron chi connectivity index (χ2n) is 4.49. The van der Waals surface area contributed by atoms with E-state index in [-0.39, 0.29) is 24.8 Å². The molecule has 0 saturated heterocycles. The highest BCUT2D eigenvalue weighted by Crippen LogP contribution is 2.34. The highest BCUT2D eigenvalue weighted by Gasteiger charge is 2.21. The first-order chi connectivity index (χ1) is 9.15. The molecule has 1 aromatic rings. The number of rotatable bonds is 5. The summed E-state index contributed by atoms with van der Waals surface area (Å²) in [6.45, 7) is 4.21. The Kier molecular flexibility index (Phi) is 4.27. The average Bonchev–Trinajstić information content (AvgIpc) is 2.90. The van der Waals surface area contributed by atoms with Gasteiger partial charge in [-0.2, -0.15) is 0 Å². The van der Waals surface area contributed by atoms with Gasteiger partial charge in [0.25, 0.3) is 0 Å². The SMILES string of the molecule is CCC(NC(C)c1ccc2c(c1)OCO2)C(=O)OC. The van der Waals surface area contributed by atoms with Crippen molar-refractivity contribution in [1.29, 1.82) is 0 Å². The Morgan fingerprint density at radius 2 is 2.16 bits per heavy atom.